The Hall–Kier alpha value is -0.640. The second-order valence-corrected chi connectivity index (χ2v) is 6.51. The minimum Gasteiger partial charge on any atom is -0.314 e. The number of hydrogen-bond acceptors (Lipinski definition) is 2. The molecule has 1 aliphatic rings. The van der Waals surface area contributed by atoms with Crippen LogP contribution < -0.4 is 5.32 Å². The number of benzene rings is 1. The van der Waals surface area contributed by atoms with Gasteiger partial charge in [-0.3, -0.25) is 4.90 Å². The molecule has 1 atom stereocenters. The van der Waals surface area contributed by atoms with Crippen LogP contribution in [0.5, 0.6) is 0 Å². The van der Waals surface area contributed by atoms with E-state index >= 15 is 0 Å². The maximum absolute atomic E-state index is 13.9. The van der Waals surface area contributed by atoms with Crippen LogP contribution in [0.4, 0.5) is 4.39 Å². The monoisotopic (exact) mass is 300 g/mol. The molecule has 0 radical (unpaired) electrons. The standard InChI is InChI=1S/C16H25FN2.ClH/c1-12-13(6-5-7-14(12)17)15(16(2,3)4)19-10-8-18-9-11-19;/h5-7,15,18H,8-11H2,1-4H3;1H/t15-;/m0./s1. The summed E-state index contributed by atoms with van der Waals surface area (Å²) in [6.45, 7) is 12.7. The first kappa shape index (κ1) is 17.4. The van der Waals surface area contributed by atoms with Crippen LogP contribution in [0.15, 0.2) is 18.2 Å². The quantitative estimate of drug-likeness (QED) is 0.898. The highest BCUT2D eigenvalue weighted by Crippen LogP contribution is 2.39. The Labute approximate surface area is 128 Å². The smallest absolute Gasteiger partial charge is 0.126 e. The molecule has 0 amide bonds. The van der Waals surface area contributed by atoms with Crippen LogP contribution in [0.3, 0.4) is 0 Å². The minimum atomic E-state index is -0.0955. The molecule has 1 aliphatic heterocycles. The minimum absolute atomic E-state index is 0. The van der Waals surface area contributed by atoms with Gasteiger partial charge in [0.15, 0.2) is 0 Å². The van der Waals surface area contributed by atoms with Gasteiger partial charge in [0.25, 0.3) is 0 Å². The molecule has 114 valence electrons. The van der Waals surface area contributed by atoms with Gasteiger partial charge in [-0.2, -0.15) is 0 Å². The lowest BCUT2D eigenvalue weighted by molar-refractivity contribution is 0.0855. The molecule has 1 aromatic carbocycles. The number of nitrogens with zero attached hydrogens (tertiary/aromatic N) is 1. The second-order valence-electron chi connectivity index (χ2n) is 6.51. The highest BCUT2D eigenvalue weighted by atomic mass is 35.5. The highest BCUT2D eigenvalue weighted by molar-refractivity contribution is 5.85. The summed E-state index contributed by atoms with van der Waals surface area (Å²) in [7, 11) is 0. The summed E-state index contributed by atoms with van der Waals surface area (Å²) in [6, 6.07) is 5.73. The van der Waals surface area contributed by atoms with Crippen LogP contribution in [0.2, 0.25) is 0 Å². The molecule has 0 spiro atoms. The largest absolute Gasteiger partial charge is 0.314 e. The van der Waals surface area contributed by atoms with Crippen molar-refractivity contribution >= 4 is 12.4 Å². The predicted molar refractivity (Wildman–Crippen MR) is 85.0 cm³/mol. The van der Waals surface area contributed by atoms with Crippen molar-refractivity contribution in [2.45, 2.75) is 33.7 Å². The van der Waals surface area contributed by atoms with Gasteiger partial charge in [0, 0.05) is 32.2 Å². The van der Waals surface area contributed by atoms with Gasteiger partial charge in [-0.25, -0.2) is 4.39 Å². The Bertz CT molecular complexity index is 437. The third kappa shape index (κ3) is 3.72. The van der Waals surface area contributed by atoms with Crippen molar-refractivity contribution in [2.75, 3.05) is 26.2 Å². The van der Waals surface area contributed by atoms with Crippen LogP contribution in [-0.2, 0) is 0 Å². The summed E-state index contributed by atoms with van der Waals surface area (Å²) in [5, 5.41) is 3.38. The first-order valence-electron chi connectivity index (χ1n) is 7.11. The summed E-state index contributed by atoms with van der Waals surface area (Å²) in [5.41, 5.74) is 2.02. The van der Waals surface area contributed by atoms with Gasteiger partial charge in [-0.15, -0.1) is 12.4 Å². The van der Waals surface area contributed by atoms with Gasteiger partial charge in [0.1, 0.15) is 5.82 Å². The average Bonchev–Trinajstić information content (AvgIpc) is 2.35. The predicted octanol–water partition coefficient (Wildman–Crippen LogP) is 3.55. The lowest BCUT2D eigenvalue weighted by Gasteiger charge is -2.43. The van der Waals surface area contributed by atoms with Crippen molar-refractivity contribution in [2.24, 2.45) is 5.41 Å². The first-order chi connectivity index (χ1) is 8.91. The maximum atomic E-state index is 13.9. The topological polar surface area (TPSA) is 15.3 Å². The normalized spacial score (nSPS) is 18.4. The second kappa shape index (κ2) is 6.88. The molecule has 20 heavy (non-hydrogen) atoms. The van der Waals surface area contributed by atoms with Crippen LogP contribution in [0.1, 0.15) is 37.9 Å². The molecule has 2 rings (SSSR count). The molecular formula is C16H26ClFN2. The number of nitrogens with one attached hydrogen (secondary N) is 1. The Morgan fingerprint density at radius 2 is 1.80 bits per heavy atom. The molecule has 0 saturated carbocycles. The zero-order valence-electron chi connectivity index (χ0n) is 12.9. The molecule has 1 fully saturated rings. The van der Waals surface area contributed by atoms with Crippen LogP contribution >= 0.6 is 12.4 Å². The van der Waals surface area contributed by atoms with Gasteiger partial charge < -0.3 is 5.32 Å². The van der Waals surface area contributed by atoms with E-state index in [-0.39, 0.29) is 29.7 Å². The Morgan fingerprint density at radius 3 is 2.35 bits per heavy atom. The van der Waals surface area contributed by atoms with E-state index in [1.165, 1.54) is 0 Å². The van der Waals surface area contributed by atoms with E-state index in [4.69, 9.17) is 0 Å². The molecule has 0 unspecified atom stereocenters. The molecular weight excluding hydrogens is 275 g/mol. The van der Waals surface area contributed by atoms with E-state index in [1.807, 2.05) is 13.0 Å². The summed E-state index contributed by atoms with van der Waals surface area (Å²) in [5.74, 6) is -0.0955. The molecule has 0 aromatic heterocycles. The molecule has 0 aliphatic carbocycles. The zero-order valence-corrected chi connectivity index (χ0v) is 13.7. The van der Waals surface area contributed by atoms with E-state index < -0.39 is 0 Å². The van der Waals surface area contributed by atoms with Crippen molar-refractivity contribution < 1.29 is 4.39 Å². The summed E-state index contributed by atoms with van der Waals surface area (Å²) < 4.78 is 13.9. The number of piperazine rings is 1. The Balaban J connectivity index is 0.00000200. The SMILES string of the molecule is Cc1c(F)cccc1[C@H](N1CCNCC1)C(C)(C)C.Cl. The van der Waals surface area contributed by atoms with Crippen molar-refractivity contribution in [1.29, 1.82) is 0 Å². The lowest BCUT2D eigenvalue weighted by Crippen LogP contribution is -2.48. The number of rotatable bonds is 2. The fraction of sp³-hybridized carbons (Fsp3) is 0.625. The maximum Gasteiger partial charge on any atom is 0.126 e. The van der Waals surface area contributed by atoms with Crippen molar-refractivity contribution in [1.82, 2.24) is 10.2 Å². The van der Waals surface area contributed by atoms with Gasteiger partial charge in [0.05, 0.1) is 0 Å². The molecule has 1 heterocycles. The van der Waals surface area contributed by atoms with E-state index in [0.717, 1.165) is 37.3 Å². The molecule has 1 saturated heterocycles. The first-order valence-corrected chi connectivity index (χ1v) is 7.11. The fourth-order valence-electron chi connectivity index (χ4n) is 3.07. The van der Waals surface area contributed by atoms with Crippen molar-refractivity contribution in [3.05, 3.63) is 35.1 Å². The van der Waals surface area contributed by atoms with Gasteiger partial charge >= 0.3 is 0 Å². The van der Waals surface area contributed by atoms with Crippen LogP contribution in [-0.4, -0.2) is 31.1 Å². The third-order valence-electron chi connectivity index (χ3n) is 3.94. The number of halogens is 2. The van der Waals surface area contributed by atoms with Crippen molar-refractivity contribution in [3.63, 3.8) is 0 Å². The molecule has 1 N–H and O–H groups in total. The summed E-state index contributed by atoms with van der Waals surface area (Å²) in [4.78, 5) is 2.48. The zero-order chi connectivity index (χ0) is 14.0. The van der Waals surface area contributed by atoms with E-state index in [9.17, 15) is 4.39 Å². The van der Waals surface area contributed by atoms with Gasteiger partial charge in [-0.05, 0) is 29.5 Å². The summed E-state index contributed by atoms with van der Waals surface area (Å²) in [6.07, 6.45) is 0. The van der Waals surface area contributed by atoms with Crippen LogP contribution in [0, 0.1) is 18.2 Å². The molecule has 1 aromatic rings. The highest BCUT2D eigenvalue weighted by Gasteiger charge is 2.33. The third-order valence-corrected chi connectivity index (χ3v) is 3.94. The van der Waals surface area contributed by atoms with Crippen molar-refractivity contribution in [3.8, 4) is 0 Å². The van der Waals surface area contributed by atoms with Crippen LogP contribution in [0.25, 0.3) is 0 Å². The van der Waals surface area contributed by atoms with Gasteiger partial charge in [-0.1, -0.05) is 32.9 Å². The Morgan fingerprint density at radius 1 is 1.20 bits per heavy atom. The van der Waals surface area contributed by atoms with E-state index in [0.29, 0.717) is 0 Å². The van der Waals surface area contributed by atoms with Gasteiger partial charge in [0.2, 0.25) is 0 Å². The fourth-order valence-corrected chi connectivity index (χ4v) is 3.07. The molecule has 2 nitrogen and oxygen atoms in total. The molecule has 0 bridgehead atoms. The number of hydrogen-bond donors (Lipinski definition) is 1. The Kier molecular flexibility index (Phi) is 5.99. The summed E-state index contributed by atoms with van der Waals surface area (Å²) >= 11 is 0. The van der Waals surface area contributed by atoms with E-state index in [2.05, 4.69) is 37.1 Å². The lowest BCUT2D eigenvalue weighted by atomic mass is 9.79. The average molecular weight is 301 g/mol. The molecule has 4 heteroatoms. The van der Waals surface area contributed by atoms with E-state index in [1.54, 1.807) is 6.07 Å².